The van der Waals surface area contributed by atoms with Crippen LogP contribution in [0, 0.1) is 0 Å². The van der Waals surface area contributed by atoms with Crippen molar-refractivity contribution in [3.8, 4) is 0 Å². The van der Waals surface area contributed by atoms with Crippen molar-refractivity contribution in [2.75, 3.05) is 46.9 Å². The fourth-order valence-corrected chi connectivity index (χ4v) is 2.60. The number of hydrogen-bond acceptors (Lipinski definition) is 4. The zero-order chi connectivity index (χ0) is 13.4. The zero-order valence-electron chi connectivity index (χ0n) is 12.4. The molecule has 2 N–H and O–H groups in total. The lowest BCUT2D eigenvalue weighted by Crippen LogP contribution is -2.44. The average molecular weight is 257 g/mol. The molecule has 1 aliphatic rings. The van der Waals surface area contributed by atoms with E-state index in [4.69, 9.17) is 0 Å². The molecule has 1 heterocycles. The van der Waals surface area contributed by atoms with Gasteiger partial charge in [0.25, 0.3) is 0 Å². The average Bonchev–Trinajstić information content (AvgIpc) is 2.39. The predicted molar refractivity (Wildman–Crippen MR) is 76.9 cm³/mol. The highest BCUT2D eigenvalue weighted by Gasteiger charge is 2.20. The Bertz CT molecular complexity index is 203. The maximum Gasteiger partial charge on any atom is 0.0585 e. The van der Waals surface area contributed by atoms with E-state index in [1.165, 1.54) is 25.9 Å². The topological polar surface area (TPSA) is 38.7 Å². The Hall–Kier alpha value is -0.160. The highest BCUT2D eigenvalue weighted by Crippen LogP contribution is 2.14. The lowest BCUT2D eigenvalue weighted by Gasteiger charge is -2.35. The second-order valence-corrected chi connectivity index (χ2v) is 5.66. The van der Waals surface area contributed by atoms with Gasteiger partial charge in [-0.05, 0) is 66.0 Å². The summed E-state index contributed by atoms with van der Waals surface area (Å²) in [6.07, 6.45) is 4.74. The molecule has 1 fully saturated rings. The smallest absolute Gasteiger partial charge is 0.0585 e. The van der Waals surface area contributed by atoms with Gasteiger partial charge in [0.05, 0.1) is 6.61 Å². The number of nitrogens with zero attached hydrogens (tertiary/aromatic N) is 2. The normalized spacial score (nSPS) is 20.5. The summed E-state index contributed by atoms with van der Waals surface area (Å²) < 4.78 is 0. The van der Waals surface area contributed by atoms with Crippen molar-refractivity contribution >= 4 is 0 Å². The molecule has 0 aromatic heterocycles. The molecule has 0 bridgehead atoms. The highest BCUT2D eigenvalue weighted by molar-refractivity contribution is 4.78. The van der Waals surface area contributed by atoms with Crippen LogP contribution in [0.25, 0.3) is 0 Å². The van der Waals surface area contributed by atoms with Gasteiger partial charge >= 0.3 is 0 Å². The van der Waals surface area contributed by atoms with Crippen LogP contribution in [-0.4, -0.2) is 73.9 Å². The Balaban J connectivity index is 2.16. The molecule has 0 aromatic carbocycles. The minimum Gasteiger partial charge on any atom is -0.395 e. The Labute approximate surface area is 112 Å². The predicted octanol–water partition coefficient (Wildman–Crippen LogP) is 0.763. The highest BCUT2D eigenvalue weighted by atomic mass is 16.3. The standard InChI is InChI=1S/C14H31N3O/c1-4-8-15-13(12-18)5-9-17-10-6-14(7-11-17)16(2)3/h13-15,18H,4-12H2,1-3H3. The lowest BCUT2D eigenvalue weighted by atomic mass is 10.0. The van der Waals surface area contributed by atoms with Crippen molar-refractivity contribution in [1.29, 1.82) is 0 Å². The number of aliphatic hydroxyl groups is 1. The number of piperidine rings is 1. The second-order valence-electron chi connectivity index (χ2n) is 5.66. The van der Waals surface area contributed by atoms with E-state index in [1.54, 1.807) is 0 Å². The molecule has 0 saturated carbocycles. The third-order valence-electron chi connectivity index (χ3n) is 3.98. The van der Waals surface area contributed by atoms with Crippen LogP contribution in [0.15, 0.2) is 0 Å². The van der Waals surface area contributed by atoms with Crippen LogP contribution in [0.2, 0.25) is 0 Å². The molecule has 0 amide bonds. The Morgan fingerprint density at radius 3 is 2.50 bits per heavy atom. The van der Waals surface area contributed by atoms with Gasteiger partial charge in [-0.15, -0.1) is 0 Å². The van der Waals surface area contributed by atoms with Gasteiger partial charge in [0, 0.05) is 12.1 Å². The van der Waals surface area contributed by atoms with Gasteiger partial charge in [-0.3, -0.25) is 0 Å². The van der Waals surface area contributed by atoms with E-state index in [-0.39, 0.29) is 12.6 Å². The third-order valence-corrected chi connectivity index (χ3v) is 3.98. The number of rotatable bonds is 8. The van der Waals surface area contributed by atoms with Crippen molar-refractivity contribution in [1.82, 2.24) is 15.1 Å². The van der Waals surface area contributed by atoms with E-state index >= 15 is 0 Å². The molecule has 1 saturated heterocycles. The fourth-order valence-electron chi connectivity index (χ4n) is 2.60. The van der Waals surface area contributed by atoms with E-state index in [1.807, 2.05) is 0 Å². The van der Waals surface area contributed by atoms with Crippen LogP contribution >= 0.6 is 0 Å². The minimum atomic E-state index is 0.258. The van der Waals surface area contributed by atoms with Gasteiger partial charge < -0.3 is 20.2 Å². The molecule has 1 aliphatic heterocycles. The van der Waals surface area contributed by atoms with Crippen LogP contribution in [0.5, 0.6) is 0 Å². The molecule has 4 nitrogen and oxygen atoms in total. The molecule has 18 heavy (non-hydrogen) atoms. The summed E-state index contributed by atoms with van der Waals surface area (Å²) in [7, 11) is 4.35. The maximum absolute atomic E-state index is 9.31. The van der Waals surface area contributed by atoms with E-state index in [9.17, 15) is 5.11 Å². The monoisotopic (exact) mass is 257 g/mol. The molecule has 1 atom stereocenters. The summed E-state index contributed by atoms with van der Waals surface area (Å²) in [5.74, 6) is 0. The number of hydrogen-bond donors (Lipinski definition) is 2. The second kappa shape index (κ2) is 8.86. The van der Waals surface area contributed by atoms with Crippen LogP contribution in [0.4, 0.5) is 0 Å². The maximum atomic E-state index is 9.31. The van der Waals surface area contributed by atoms with Crippen molar-refractivity contribution in [3.63, 3.8) is 0 Å². The number of likely N-dealkylation sites (tertiary alicyclic amines) is 1. The van der Waals surface area contributed by atoms with E-state index < -0.39 is 0 Å². The summed E-state index contributed by atoms with van der Waals surface area (Å²) >= 11 is 0. The Morgan fingerprint density at radius 2 is 2.00 bits per heavy atom. The quantitative estimate of drug-likeness (QED) is 0.673. The van der Waals surface area contributed by atoms with Crippen LogP contribution in [-0.2, 0) is 0 Å². The van der Waals surface area contributed by atoms with Gasteiger partial charge in [-0.1, -0.05) is 6.92 Å². The first-order valence-corrected chi connectivity index (χ1v) is 7.40. The Kier molecular flexibility index (Phi) is 7.82. The first-order valence-electron chi connectivity index (χ1n) is 7.40. The third kappa shape index (κ3) is 5.65. The number of aliphatic hydroxyl groups excluding tert-OH is 1. The molecule has 1 unspecified atom stereocenters. The zero-order valence-corrected chi connectivity index (χ0v) is 12.4. The largest absolute Gasteiger partial charge is 0.395 e. The molecule has 0 aliphatic carbocycles. The van der Waals surface area contributed by atoms with E-state index in [0.717, 1.165) is 32.0 Å². The van der Waals surface area contributed by atoms with E-state index in [0.29, 0.717) is 0 Å². The molecule has 108 valence electrons. The summed E-state index contributed by atoms with van der Waals surface area (Å²) in [4.78, 5) is 4.88. The summed E-state index contributed by atoms with van der Waals surface area (Å²) in [6, 6.07) is 1.03. The van der Waals surface area contributed by atoms with E-state index in [2.05, 4.69) is 36.1 Å². The fraction of sp³-hybridized carbons (Fsp3) is 1.00. The van der Waals surface area contributed by atoms with Gasteiger partial charge in [0.1, 0.15) is 0 Å². The van der Waals surface area contributed by atoms with Crippen molar-refractivity contribution in [2.45, 2.75) is 44.7 Å². The first-order chi connectivity index (χ1) is 8.67. The minimum absolute atomic E-state index is 0.258. The van der Waals surface area contributed by atoms with Crippen molar-refractivity contribution in [3.05, 3.63) is 0 Å². The molecule has 1 rings (SSSR count). The van der Waals surface area contributed by atoms with Crippen LogP contribution < -0.4 is 5.32 Å². The summed E-state index contributed by atoms with van der Waals surface area (Å²) in [5, 5.41) is 12.7. The summed E-state index contributed by atoms with van der Waals surface area (Å²) in [6.45, 7) is 6.95. The lowest BCUT2D eigenvalue weighted by molar-refractivity contribution is 0.135. The molecule has 4 heteroatoms. The molecular weight excluding hydrogens is 226 g/mol. The first kappa shape index (κ1) is 15.9. The number of nitrogens with one attached hydrogen (secondary N) is 1. The van der Waals surface area contributed by atoms with Gasteiger partial charge in [-0.25, -0.2) is 0 Å². The van der Waals surface area contributed by atoms with Crippen LogP contribution in [0.3, 0.4) is 0 Å². The SMILES string of the molecule is CCCNC(CO)CCN1CCC(N(C)C)CC1. The van der Waals surface area contributed by atoms with Crippen LogP contribution in [0.1, 0.15) is 32.6 Å². The van der Waals surface area contributed by atoms with Crippen molar-refractivity contribution < 1.29 is 5.11 Å². The molecule has 0 radical (unpaired) electrons. The van der Waals surface area contributed by atoms with Gasteiger partial charge in [0.2, 0.25) is 0 Å². The van der Waals surface area contributed by atoms with Crippen molar-refractivity contribution in [2.24, 2.45) is 0 Å². The van der Waals surface area contributed by atoms with Gasteiger partial charge in [0.15, 0.2) is 0 Å². The van der Waals surface area contributed by atoms with Gasteiger partial charge in [-0.2, -0.15) is 0 Å². The summed E-state index contributed by atoms with van der Waals surface area (Å²) in [5.41, 5.74) is 0. The molecule has 0 spiro atoms. The molecule has 0 aromatic rings. The molecular formula is C14H31N3O. The Morgan fingerprint density at radius 1 is 1.33 bits per heavy atom.